The summed E-state index contributed by atoms with van der Waals surface area (Å²) in [4.78, 5) is 15.8. The van der Waals surface area contributed by atoms with Gasteiger partial charge in [0, 0.05) is 24.1 Å². The summed E-state index contributed by atoms with van der Waals surface area (Å²) in [5.74, 6) is -0.167. The quantitative estimate of drug-likeness (QED) is 0.758. The summed E-state index contributed by atoms with van der Waals surface area (Å²) in [6, 6.07) is 11.6. The first-order valence-corrected chi connectivity index (χ1v) is 7.03. The summed E-state index contributed by atoms with van der Waals surface area (Å²) in [6.45, 7) is 3.11. The van der Waals surface area contributed by atoms with Gasteiger partial charge in [-0.05, 0) is 49.7 Å². The van der Waals surface area contributed by atoms with Gasteiger partial charge in [-0.25, -0.2) is 0 Å². The maximum absolute atomic E-state index is 11.8. The van der Waals surface area contributed by atoms with Gasteiger partial charge in [0.1, 0.15) is 5.69 Å². The van der Waals surface area contributed by atoms with Crippen LogP contribution in [-0.2, 0) is 6.42 Å². The number of hydrogen-bond donors (Lipinski definition) is 3. The Balaban J connectivity index is 2.08. The predicted molar refractivity (Wildman–Crippen MR) is 84.7 cm³/mol. The monoisotopic (exact) mass is 284 g/mol. The minimum Gasteiger partial charge on any atom is -0.355 e. The molecule has 0 saturated heterocycles. The fourth-order valence-corrected chi connectivity index (χ4v) is 1.97. The van der Waals surface area contributed by atoms with E-state index in [0.717, 1.165) is 17.8 Å². The van der Waals surface area contributed by atoms with Crippen molar-refractivity contribution in [3.63, 3.8) is 0 Å². The molecule has 0 unspecified atom stereocenters. The molecule has 1 amide bonds. The lowest BCUT2D eigenvalue weighted by atomic mass is 10.1. The number of pyridine rings is 1. The zero-order valence-electron chi connectivity index (χ0n) is 12.1. The van der Waals surface area contributed by atoms with E-state index in [1.54, 1.807) is 12.3 Å². The number of anilines is 2. The Morgan fingerprint density at radius 3 is 2.62 bits per heavy atom. The summed E-state index contributed by atoms with van der Waals surface area (Å²) in [5, 5.41) is 5.99. The first kappa shape index (κ1) is 15.0. The number of nitrogens with one attached hydrogen (secondary N) is 2. The van der Waals surface area contributed by atoms with E-state index in [4.69, 9.17) is 5.73 Å². The average molecular weight is 284 g/mol. The number of amides is 1. The Kier molecular flexibility index (Phi) is 5.29. The first-order valence-electron chi connectivity index (χ1n) is 7.03. The number of carbonyl (C=O) groups is 1. The van der Waals surface area contributed by atoms with Crippen molar-refractivity contribution in [3.8, 4) is 0 Å². The standard InChI is InChI=1S/C16H20N4O/c1-2-18-16(21)15-11-14(8-10-19-15)20-13-5-3-12(4-6-13)7-9-17/h3-6,8,10-11H,2,7,9,17H2,1H3,(H,18,21)(H,19,20). The van der Waals surface area contributed by atoms with Gasteiger partial charge < -0.3 is 16.4 Å². The van der Waals surface area contributed by atoms with E-state index < -0.39 is 0 Å². The number of nitrogens with zero attached hydrogens (tertiary/aromatic N) is 1. The maximum atomic E-state index is 11.8. The van der Waals surface area contributed by atoms with Crippen LogP contribution in [0.15, 0.2) is 42.6 Å². The molecule has 110 valence electrons. The SMILES string of the molecule is CCNC(=O)c1cc(Nc2ccc(CCN)cc2)ccn1. The molecule has 0 atom stereocenters. The molecule has 0 radical (unpaired) electrons. The first-order chi connectivity index (χ1) is 10.2. The van der Waals surface area contributed by atoms with Gasteiger partial charge in [-0.2, -0.15) is 0 Å². The number of aromatic nitrogens is 1. The van der Waals surface area contributed by atoms with Crippen LogP contribution in [0.3, 0.4) is 0 Å². The molecule has 0 fully saturated rings. The number of rotatable bonds is 6. The van der Waals surface area contributed by atoms with Gasteiger partial charge in [0.05, 0.1) is 0 Å². The molecule has 5 nitrogen and oxygen atoms in total. The minimum atomic E-state index is -0.167. The lowest BCUT2D eigenvalue weighted by Gasteiger charge is -2.08. The van der Waals surface area contributed by atoms with Crippen molar-refractivity contribution in [2.45, 2.75) is 13.3 Å². The van der Waals surface area contributed by atoms with E-state index in [2.05, 4.69) is 15.6 Å². The average Bonchev–Trinajstić information content (AvgIpc) is 2.50. The molecule has 0 saturated carbocycles. The molecule has 5 heteroatoms. The molecule has 2 aromatic rings. The van der Waals surface area contributed by atoms with E-state index in [0.29, 0.717) is 18.8 Å². The molecule has 0 aliphatic rings. The third-order valence-electron chi connectivity index (χ3n) is 3.01. The summed E-state index contributed by atoms with van der Waals surface area (Å²) in [6.07, 6.45) is 2.49. The zero-order valence-corrected chi connectivity index (χ0v) is 12.1. The van der Waals surface area contributed by atoms with E-state index in [1.807, 2.05) is 37.3 Å². The number of hydrogen-bond acceptors (Lipinski definition) is 4. The summed E-state index contributed by atoms with van der Waals surface area (Å²) in [5.41, 5.74) is 8.94. The maximum Gasteiger partial charge on any atom is 0.269 e. The van der Waals surface area contributed by atoms with E-state index in [9.17, 15) is 4.79 Å². The Bertz CT molecular complexity index is 595. The lowest BCUT2D eigenvalue weighted by molar-refractivity contribution is 0.0951. The Hall–Kier alpha value is -2.40. The Labute approximate surface area is 124 Å². The van der Waals surface area contributed by atoms with Crippen molar-refractivity contribution < 1.29 is 4.79 Å². The molecule has 1 aromatic carbocycles. The lowest BCUT2D eigenvalue weighted by Crippen LogP contribution is -2.23. The highest BCUT2D eigenvalue weighted by Crippen LogP contribution is 2.17. The second kappa shape index (κ2) is 7.40. The van der Waals surface area contributed by atoms with Crippen molar-refractivity contribution in [2.24, 2.45) is 5.73 Å². The zero-order chi connectivity index (χ0) is 15.1. The van der Waals surface area contributed by atoms with E-state index in [-0.39, 0.29) is 5.91 Å². The highest BCUT2D eigenvalue weighted by Gasteiger charge is 2.06. The van der Waals surface area contributed by atoms with Crippen molar-refractivity contribution in [1.29, 1.82) is 0 Å². The van der Waals surface area contributed by atoms with Crippen molar-refractivity contribution >= 4 is 17.3 Å². The number of carbonyl (C=O) groups excluding carboxylic acids is 1. The van der Waals surface area contributed by atoms with Crippen LogP contribution in [0.2, 0.25) is 0 Å². The normalized spacial score (nSPS) is 10.2. The van der Waals surface area contributed by atoms with Gasteiger partial charge in [0.15, 0.2) is 0 Å². The molecular weight excluding hydrogens is 264 g/mol. The Morgan fingerprint density at radius 1 is 1.19 bits per heavy atom. The van der Waals surface area contributed by atoms with Crippen LogP contribution in [0.25, 0.3) is 0 Å². The fourth-order valence-electron chi connectivity index (χ4n) is 1.97. The van der Waals surface area contributed by atoms with Gasteiger partial charge in [0.2, 0.25) is 0 Å². The summed E-state index contributed by atoms with van der Waals surface area (Å²) in [7, 11) is 0. The largest absolute Gasteiger partial charge is 0.355 e. The molecule has 0 aliphatic carbocycles. The number of benzene rings is 1. The second-order valence-electron chi connectivity index (χ2n) is 4.65. The molecule has 1 heterocycles. The van der Waals surface area contributed by atoms with Gasteiger partial charge in [0.25, 0.3) is 5.91 Å². The molecule has 2 rings (SSSR count). The van der Waals surface area contributed by atoms with Crippen LogP contribution in [0, 0.1) is 0 Å². The molecule has 0 bridgehead atoms. The molecule has 0 aliphatic heterocycles. The predicted octanol–water partition coefficient (Wildman–Crippen LogP) is 2.08. The van der Waals surface area contributed by atoms with Crippen LogP contribution in [0.1, 0.15) is 23.0 Å². The van der Waals surface area contributed by atoms with Crippen molar-refractivity contribution in [3.05, 3.63) is 53.9 Å². The van der Waals surface area contributed by atoms with Gasteiger partial charge in [-0.3, -0.25) is 9.78 Å². The van der Waals surface area contributed by atoms with Crippen molar-refractivity contribution in [1.82, 2.24) is 10.3 Å². The molecule has 0 spiro atoms. The fraction of sp³-hybridized carbons (Fsp3) is 0.250. The highest BCUT2D eigenvalue weighted by atomic mass is 16.1. The van der Waals surface area contributed by atoms with Gasteiger partial charge in [-0.1, -0.05) is 12.1 Å². The van der Waals surface area contributed by atoms with E-state index in [1.165, 1.54) is 5.56 Å². The van der Waals surface area contributed by atoms with Crippen LogP contribution >= 0.6 is 0 Å². The van der Waals surface area contributed by atoms with Crippen LogP contribution in [-0.4, -0.2) is 24.0 Å². The number of nitrogens with two attached hydrogens (primary N) is 1. The van der Waals surface area contributed by atoms with Gasteiger partial charge in [-0.15, -0.1) is 0 Å². The van der Waals surface area contributed by atoms with E-state index >= 15 is 0 Å². The van der Waals surface area contributed by atoms with Gasteiger partial charge >= 0.3 is 0 Å². The third-order valence-corrected chi connectivity index (χ3v) is 3.01. The Morgan fingerprint density at radius 2 is 1.95 bits per heavy atom. The van der Waals surface area contributed by atoms with Crippen LogP contribution < -0.4 is 16.4 Å². The highest BCUT2D eigenvalue weighted by molar-refractivity contribution is 5.93. The van der Waals surface area contributed by atoms with Crippen LogP contribution in [0.4, 0.5) is 11.4 Å². The van der Waals surface area contributed by atoms with Crippen LogP contribution in [0.5, 0.6) is 0 Å². The molecule has 4 N–H and O–H groups in total. The summed E-state index contributed by atoms with van der Waals surface area (Å²) < 4.78 is 0. The van der Waals surface area contributed by atoms with Crippen molar-refractivity contribution in [2.75, 3.05) is 18.4 Å². The minimum absolute atomic E-state index is 0.167. The third kappa shape index (κ3) is 4.29. The molecular formula is C16H20N4O. The molecule has 1 aromatic heterocycles. The second-order valence-corrected chi connectivity index (χ2v) is 4.65. The molecule has 21 heavy (non-hydrogen) atoms. The topological polar surface area (TPSA) is 80.0 Å². The smallest absolute Gasteiger partial charge is 0.269 e. The summed E-state index contributed by atoms with van der Waals surface area (Å²) >= 11 is 0.